The molecule has 0 saturated carbocycles. The lowest BCUT2D eigenvalue weighted by atomic mass is 10.2. The first kappa shape index (κ1) is 16.0. The molecule has 0 amide bonds. The summed E-state index contributed by atoms with van der Waals surface area (Å²) in [5.74, 6) is -0.207. The van der Waals surface area contributed by atoms with Gasteiger partial charge >= 0.3 is 5.97 Å². The zero-order chi connectivity index (χ0) is 12.9. The quantitative estimate of drug-likeness (QED) is 0.338. The Labute approximate surface area is 106 Å². The minimum atomic E-state index is -0.207. The van der Waals surface area contributed by atoms with Crippen molar-refractivity contribution in [2.75, 3.05) is 0 Å². The maximum absolute atomic E-state index is 10.7. The molecule has 0 bridgehead atoms. The lowest BCUT2D eigenvalue weighted by Gasteiger charge is -2.07. The molecule has 0 aliphatic carbocycles. The number of allylic oxidation sites excluding steroid dienone is 3. The summed E-state index contributed by atoms with van der Waals surface area (Å²) in [6.45, 7) is 5.57. The number of carbonyl (C=O) groups is 1. The molecule has 1 atom stereocenters. The van der Waals surface area contributed by atoms with E-state index in [0.29, 0.717) is 0 Å². The van der Waals surface area contributed by atoms with Crippen LogP contribution in [0.1, 0.15) is 59.3 Å². The van der Waals surface area contributed by atoms with Gasteiger partial charge in [-0.25, -0.2) is 0 Å². The van der Waals surface area contributed by atoms with E-state index in [1.807, 2.05) is 6.92 Å². The highest BCUT2D eigenvalue weighted by Crippen LogP contribution is 2.02. The van der Waals surface area contributed by atoms with Crippen LogP contribution in [0.25, 0.3) is 0 Å². The summed E-state index contributed by atoms with van der Waals surface area (Å²) in [5.41, 5.74) is 0. The second-order valence-corrected chi connectivity index (χ2v) is 4.33. The second-order valence-electron chi connectivity index (χ2n) is 4.33. The molecule has 0 spiro atoms. The molecule has 0 N–H and O–H groups in total. The number of hydrogen-bond acceptors (Lipinski definition) is 2. The van der Waals surface area contributed by atoms with E-state index in [-0.39, 0.29) is 12.1 Å². The van der Waals surface area contributed by atoms with Crippen molar-refractivity contribution in [3.05, 3.63) is 24.3 Å². The van der Waals surface area contributed by atoms with E-state index in [1.54, 1.807) is 0 Å². The van der Waals surface area contributed by atoms with Crippen LogP contribution in [0.2, 0.25) is 0 Å². The van der Waals surface area contributed by atoms with Crippen molar-refractivity contribution in [1.29, 1.82) is 0 Å². The highest BCUT2D eigenvalue weighted by molar-refractivity contribution is 5.66. The zero-order valence-electron chi connectivity index (χ0n) is 11.4. The van der Waals surface area contributed by atoms with Crippen molar-refractivity contribution >= 4 is 5.97 Å². The van der Waals surface area contributed by atoms with Crippen molar-refractivity contribution in [2.24, 2.45) is 0 Å². The molecule has 0 heterocycles. The van der Waals surface area contributed by atoms with Crippen LogP contribution in [0.3, 0.4) is 0 Å². The summed E-state index contributed by atoms with van der Waals surface area (Å²) in [6.07, 6.45) is 15.5. The average molecular weight is 238 g/mol. The molecule has 0 radical (unpaired) electrons. The van der Waals surface area contributed by atoms with Gasteiger partial charge in [-0.3, -0.25) is 4.79 Å². The van der Waals surface area contributed by atoms with Gasteiger partial charge in [-0.05, 0) is 26.2 Å². The fraction of sp³-hybridized carbons (Fsp3) is 0.667. The molecular formula is C15H26O2. The molecular weight excluding hydrogens is 212 g/mol. The minimum Gasteiger partial charge on any atom is -0.463 e. The van der Waals surface area contributed by atoms with Crippen molar-refractivity contribution in [2.45, 2.75) is 65.4 Å². The number of hydrogen-bond donors (Lipinski definition) is 0. The van der Waals surface area contributed by atoms with E-state index >= 15 is 0 Å². The summed E-state index contributed by atoms with van der Waals surface area (Å²) < 4.78 is 5.01. The van der Waals surface area contributed by atoms with Crippen LogP contribution in [0.5, 0.6) is 0 Å². The average Bonchev–Trinajstić information content (AvgIpc) is 2.26. The van der Waals surface area contributed by atoms with Gasteiger partial charge in [0.25, 0.3) is 0 Å². The Bertz CT molecular complexity index is 241. The largest absolute Gasteiger partial charge is 0.463 e. The number of rotatable bonds is 9. The maximum Gasteiger partial charge on any atom is 0.302 e. The van der Waals surface area contributed by atoms with Gasteiger partial charge in [-0.1, -0.05) is 44.1 Å². The lowest BCUT2D eigenvalue weighted by Crippen LogP contribution is -2.10. The zero-order valence-corrected chi connectivity index (χ0v) is 11.4. The van der Waals surface area contributed by atoms with Crippen molar-refractivity contribution in [3.63, 3.8) is 0 Å². The van der Waals surface area contributed by atoms with Crippen LogP contribution in [-0.4, -0.2) is 12.1 Å². The molecule has 0 aromatic carbocycles. The Morgan fingerprint density at radius 1 is 1.18 bits per heavy atom. The predicted molar refractivity (Wildman–Crippen MR) is 72.9 cm³/mol. The summed E-state index contributed by atoms with van der Waals surface area (Å²) in [5, 5.41) is 0. The maximum atomic E-state index is 10.7. The molecule has 2 heteroatoms. The summed E-state index contributed by atoms with van der Waals surface area (Å²) in [4.78, 5) is 10.7. The smallest absolute Gasteiger partial charge is 0.302 e. The monoisotopic (exact) mass is 238 g/mol. The van der Waals surface area contributed by atoms with Crippen LogP contribution in [0, 0.1) is 0 Å². The second kappa shape index (κ2) is 11.4. The first-order valence-corrected chi connectivity index (χ1v) is 6.64. The number of unbranched alkanes of at least 4 members (excludes halogenated alkanes) is 3. The van der Waals surface area contributed by atoms with Crippen LogP contribution >= 0.6 is 0 Å². The number of ether oxygens (including phenoxy) is 1. The Hall–Kier alpha value is -1.05. The van der Waals surface area contributed by atoms with E-state index in [1.165, 1.54) is 32.6 Å². The van der Waals surface area contributed by atoms with Gasteiger partial charge in [0.2, 0.25) is 0 Å². The van der Waals surface area contributed by atoms with E-state index in [0.717, 1.165) is 12.8 Å². The van der Waals surface area contributed by atoms with Gasteiger partial charge in [0.15, 0.2) is 0 Å². The molecule has 0 aliphatic rings. The molecule has 0 aliphatic heterocycles. The van der Waals surface area contributed by atoms with Crippen LogP contribution in [-0.2, 0) is 9.53 Å². The van der Waals surface area contributed by atoms with E-state index in [9.17, 15) is 4.79 Å². The molecule has 1 unspecified atom stereocenters. The van der Waals surface area contributed by atoms with Gasteiger partial charge in [0.1, 0.15) is 6.10 Å². The van der Waals surface area contributed by atoms with Gasteiger partial charge in [-0.15, -0.1) is 0 Å². The van der Waals surface area contributed by atoms with Gasteiger partial charge < -0.3 is 4.74 Å². The van der Waals surface area contributed by atoms with Gasteiger partial charge in [0.05, 0.1) is 0 Å². The van der Waals surface area contributed by atoms with E-state index in [4.69, 9.17) is 4.74 Å². The van der Waals surface area contributed by atoms with Crippen LogP contribution in [0.4, 0.5) is 0 Å². The molecule has 2 nitrogen and oxygen atoms in total. The Morgan fingerprint density at radius 2 is 1.88 bits per heavy atom. The van der Waals surface area contributed by atoms with E-state index in [2.05, 4.69) is 31.2 Å². The third-order valence-corrected chi connectivity index (χ3v) is 2.42. The molecule has 98 valence electrons. The fourth-order valence-electron chi connectivity index (χ4n) is 1.52. The van der Waals surface area contributed by atoms with Crippen molar-refractivity contribution < 1.29 is 9.53 Å². The Morgan fingerprint density at radius 3 is 2.53 bits per heavy atom. The van der Waals surface area contributed by atoms with Crippen molar-refractivity contribution in [1.82, 2.24) is 0 Å². The number of carbonyl (C=O) groups excluding carboxylic acids is 1. The highest BCUT2D eigenvalue weighted by atomic mass is 16.5. The van der Waals surface area contributed by atoms with Gasteiger partial charge in [-0.2, -0.15) is 0 Å². The first-order valence-electron chi connectivity index (χ1n) is 6.64. The standard InChI is InChI=1S/C15H26O2/c1-4-5-6-7-8-9-10-11-12-13-14(2)17-15(3)16/h8-9,11-12,14H,4-7,10,13H2,1-3H3/b9-8-,12-11+. The summed E-state index contributed by atoms with van der Waals surface area (Å²) >= 11 is 0. The first-order chi connectivity index (χ1) is 8.16. The van der Waals surface area contributed by atoms with Crippen LogP contribution < -0.4 is 0 Å². The molecule has 0 fully saturated rings. The third-order valence-electron chi connectivity index (χ3n) is 2.42. The summed E-state index contributed by atoms with van der Waals surface area (Å²) in [6, 6.07) is 0. The molecule has 0 rings (SSSR count). The Balaban J connectivity index is 3.44. The number of esters is 1. The fourth-order valence-corrected chi connectivity index (χ4v) is 1.52. The Kier molecular flexibility index (Phi) is 10.7. The molecule has 0 aromatic heterocycles. The topological polar surface area (TPSA) is 26.3 Å². The lowest BCUT2D eigenvalue weighted by molar-refractivity contribution is -0.145. The predicted octanol–water partition coefficient (Wildman–Crippen LogP) is 4.41. The normalized spacial score (nSPS) is 13.4. The molecule has 0 aromatic rings. The molecule has 17 heavy (non-hydrogen) atoms. The minimum absolute atomic E-state index is 0.0164. The highest BCUT2D eigenvalue weighted by Gasteiger charge is 2.01. The SMILES string of the molecule is CCCCC/C=C\C/C=C/CC(C)OC(C)=O. The molecule has 0 saturated heterocycles. The van der Waals surface area contributed by atoms with E-state index < -0.39 is 0 Å². The van der Waals surface area contributed by atoms with Crippen molar-refractivity contribution in [3.8, 4) is 0 Å². The van der Waals surface area contributed by atoms with Gasteiger partial charge in [0, 0.05) is 13.3 Å². The van der Waals surface area contributed by atoms with Crippen LogP contribution in [0.15, 0.2) is 24.3 Å². The third kappa shape index (κ3) is 12.9. The summed E-state index contributed by atoms with van der Waals surface area (Å²) in [7, 11) is 0.